The lowest BCUT2D eigenvalue weighted by molar-refractivity contribution is -0.124. The standard InChI is InChI=1S/C13H24N2OS/c1-3-4-11(12(14)17)13(16)15-10-7-5-9(2)6-8-10/h9-11H,3-8H2,1-2H3,(H2,14,17)(H,15,16). The van der Waals surface area contributed by atoms with Crippen molar-refractivity contribution in [1.29, 1.82) is 0 Å². The van der Waals surface area contributed by atoms with Crippen molar-refractivity contribution in [1.82, 2.24) is 5.32 Å². The van der Waals surface area contributed by atoms with Gasteiger partial charge in [0.05, 0.1) is 10.9 Å². The lowest BCUT2D eigenvalue weighted by Crippen LogP contribution is -2.44. The summed E-state index contributed by atoms with van der Waals surface area (Å²) in [5.41, 5.74) is 5.62. The van der Waals surface area contributed by atoms with Crippen LogP contribution >= 0.6 is 12.2 Å². The van der Waals surface area contributed by atoms with Gasteiger partial charge in [0, 0.05) is 6.04 Å². The van der Waals surface area contributed by atoms with Crippen LogP contribution in [-0.2, 0) is 4.79 Å². The molecule has 1 atom stereocenters. The molecule has 1 rings (SSSR count). The Hall–Kier alpha value is -0.640. The van der Waals surface area contributed by atoms with Crippen LogP contribution in [0.5, 0.6) is 0 Å². The molecule has 0 aromatic rings. The number of nitrogens with two attached hydrogens (primary N) is 1. The molecule has 0 aromatic carbocycles. The molecule has 1 unspecified atom stereocenters. The molecule has 0 heterocycles. The Bertz CT molecular complexity index is 273. The van der Waals surface area contributed by atoms with E-state index < -0.39 is 0 Å². The minimum absolute atomic E-state index is 0.0268. The van der Waals surface area contributed by atoms with Gasteiger partial charge in [0.15, 0.2) is 0 Å². The van der Waals surface area contributed by atoms with Crippen molar-refractivity contribution in [2.24, 2.45) is 17.6 Å². The number of carbonyl (C=O) groups excluding carboxylic acids is 1. The number of hydrogen-bond acceptors (Lipinski definition) is 2. The zero-order valence-electron chi connectivity index (χ0n) is 10.9. The van der Waals surface area contributed by atoms with Gasteiger partial charge in [-0.25, -0.2) is 0 Å². The SMILES string of the molecule is CCCC(C(=O)NC1CCC(C)CC1)C(N)=S. The van der Waals surface area contributed by atoms with Crippen LogP contribution in [0.15, 0.2) is 0 Å². The number of nitrogens with one attached hydrogen (secondary N) is 1. The Morgan fingerprint density at radius 1 is 1.41 bits per heavy atom. The summed E-state index contributed by atoms with van der Waals surface area (Å²) < 4.78 is 0. The fraction of sp³-hybridized carbons (Fsp3) is 0.846. The van der Waals surface area contributed by atoms with Gasteiger partial charge in [-0.05, 0) is 38.0 Å². The molecule has 0 aromatic heterocycles. The second kappa shape index (κ2) is 6.94. The van der Waals surface area contributed by atoms with Crippen molar-refractivity contribution < 1.29 is 4.79 Å². The van der Waals surface area contributed by atoms with Gasteiger partial charge >= 0.3 is 0 Å². The first-order valence-electron chi connectivity index (χ1n) is 6.64. The Balaban J connectivity index is 2.43. The molecule has 0 saturated heterocycles. The first-order chi connectivity index (χ1) is 8.04. The summed E-state index contributed by atoms with van der Waals surface area (Å²) in [6, 6.07) is 0.326. The maximum atomic E-state index is 12.0. The van der Waals surface area contributed by atoms with Crippen LogP contribution in [0.25, 0.3) is 0 Å². The number of hydrogen-bond donors (Lipinski definition) is 2. The molecule has 1 saturated carbocycles. The van der Waals surface area contributed by atoms with Crippen LogP contribution in [0.4, 0.5) is 0 Å². The summed E-state index contributed by atoms with van der Waals surface area (Å²) in [7, 11) is 0. The molecule has 0 aliphatic heterocycles. The van der Waals surface area contributed by atoms with Gasteiger partial charge in [-0.15, -0.1) is 0 Å². The second-order valence-corrected chi connectivity index (χ2v) is 5.68. The molecule has 0 spiro atoms. The van der Waals surface area contributed by atoms with Gasteiger partial charge in [-0.1, -0.05) is 32.5 Å². The van der Waals surface area contributed by atoms with Crippen molar-refractivity contribution in [3.8, 4) is 0 Å². The van der Waals surface area contributed by atoms with Gasteiger partial charge in [0.2, 0.25) is 5.91 Å². The monoisotopic (exact) mass is 256 g/mol. The highest BCUT2D eigenvalue weighted by molar-refractivity contribution is 7.80. The van der Waals surface area contributed by atoms with Crippen molar-refractivity contribution >= 4 is 23.1 Å². The largest absolute Gasteiger partial charge is 0.393 e. The summed E-state index contributed by atoms with van der Waals surface area (Å²) in [6.07, 6.45) is 6.26. The van der Waals surface area contributed by atoms with Gasteiger partial charge < -0.3 is 11.1 Å². The summed E-state index contributed by atoms with van der Waals surface area (Å²) in [6.45, 7) is 4.31. The fourth-order valence-electron chi connectivity index (χ4n) is 2.40. The molecule has 0 bridgehead atoms. The Kier molecular flexibility index (Phi) is 5.89. The maximum absolute atomic E-state index is 12.0. The molecule has 3 N–H and O–H groups in total. The third kappa shape index (κ3) is 4.62. The molecule has 1 aliphatic rings. The minimum atomic E-state index is -0.283. The average molecular weight is 256 g/mol. The second-order valence-electron chi connectivity index (χ2n) is 5.21. The van der Waals surface area contributed by atoms with Gasteiger partial charge in [0.25, 0.3) is 0 Å². The smallest absolute Gasteiger partial charge is 0.230 e. The fourth-order valence-corrected chi connectivity index (χ4v) is 2.62. The van der Waals surface area contributed by atoms with Crippen LogP contribution in [-0.4, -0.2) is 16.9 Å². The van der Waals surface area contributed by atoms with Crippen LogP contribution in [0.2, 0.25) is 0 Å². The summed E-state index contributed by atoms with van der Waals surface area (Å²) in [4.78, 5) is 12.4. The topological polar surface area (TPSA) is 55.1 Å². The van der Waals surface area contributed by atoms with Crippen LogP contribution < -0.4 is 11.1 Å². The van der Waals surface area contributed by atoms with Gasteiger partial charge in [0.1, 0.15) is 0 Å². The van der Waals surface area contributed by atoms with E-state index in [-0.39, 0.29) is 11.8 Å². The van der Waals surface area contributed by atoms with E-state index in [0.717, 1.165) is 31.6 Å². The third-order valence-electron chi connectivity index (χ3n) is 3.60. The number of carbonyl (C=O) groups is 1. The molecular weight excluding hydrogens is 232 g/mol. The summed E-state index contributed by atoms with van der Waals surface area (Å²) in [5.74, 6) is 0.540. The maximum Gasteiger partial charge on any atom is 0.230 e. The van der Waals surface area contributed by atoms with Crippen molar-refractivity contribution in [3.63, 3.8) is 0 Å². The van der Waals surface area contributed by atoms with Gasteiger partial charge in [-0.2, -0.15) is 0 Å². The van der Waals surface area contributed by atoms with E-state index in [0.29, 0.717) is 11.0 Å². The zero-order valence-corrected chi connectivity index (χ0v) is 11.7. The normalized spacial score (nSPS) is 26.2. The number of amides is 1. The van der Waals surface area contributed by atoms with E-state index in [1.54, 1.807) is 0 Å². The predicted molar refractivity (Wildman–Crippen MR) is 74.7 cm³/mol. The van der Waals surface area contributed by atoms with Crippen LogP contribution in [0, 0.1) is 11.8 Å². The molecule has 3 nitrogen and oxygen atoms in total. The summed E-state index contributed by atoms with van der Waals surface area (Å²) >= 11 is 4.96. The van der Waals surface area contributed by atoms with E-state index in [1.165, 1.54) is 12.8 Å². The Morgan fingerprint density at radius 2 is 2.00 bits per heavy atom. The van der Waals surface area contributed by atoms with E-state index in [2.05, 4.69) is 12.2 Å². The highest BCUT2D eigenvalue weighted by atomic mass is 32.1. The number of thiocarbonyl (C=S) groups is 1. The quantitative estimate of drug-likeness (QED) is 0.743. The lowest BCUT2D eigenvalue weighted by atomic mass is 9.87. The lowest BCUT2D eigenvalue weighted by Gasteiger charge is -2.28. The van der Waals surface area contributed by atoms with E-state index in [1.807, 2.05) is 6.92 Å². The predicted octanol–water partition coefficient (Wildman–Crippen LogP) is 2.38. The van der Waals surface area contributed by atoms with Gasteiger partial charge in [-0.3, -0.25) is 4.79 Å². The third-order valence-corrected chi connectivity index (χ3v) is 3.88. The van der Waals surface area contributed by atoms with E-state index in [4.69, 9.17) is 18.0 Å². The highest BCUT2D eigenvalue weighted by Crippen LogP contribution is 2.23. The van der Waals surface area contributed by atoms with E-state index in [9.17, 15) is 4.79 Å². The van der Waals surface area contributed by atoms with Crippen molar-refractivity contribution in [2.45, 2.75) is 58.4 Å². The molecular formula is C13H24N2OS. The zero-order chi connectivity index (χ0) is 12.8. The van der Waals surface area contributed by atoms with Crippen molar-refractivity contribution in [2.75, 3.05) is 0 Å². The first-order valence-corrected chi connectivity index (χ1v) is 7.05. The van der Waals surface area contributed by atoms with Crippen LogP contribution in [0.1, 0.15) is 52.4 Å². The van der Waals surface area contributed by atoms with E-state index >= 15 is 0 Å². The Morgan fingerprint density at radius 3 is 2.47 bits per heavy atom. The number of rotatable bonds is 5. The van der Waals surface area contributed by atoms with Crippen molar-refractivity contribution in [3.05, 3.63) is 0 Å². The highest BCUT2D eigenvalue weighted by Gasteiger charge is 2.25. The molecule has 4 heteroatoms. The summed E-state index contributed by atoms with van der Waals surface area (Å²) in [5, 5.41) is 3.10. The average Bonchev–Trinajstić information content (AvgIpc) is 2.28. The first kappa shape index (κ1) is 14.4. The molecule has 1 amide bonds. The molecule has 98 valence electrons. The minimum Gasteiger partial charge on any atom is -0.393 e. The molecule has 17 heavy (non-hydrogen) atoms. The molecule has 0 radical (unpaired) electrons. The molecule has 1 fully saturated rings. The Labute approximate surface area is 110 Å². The molecule has 1 aliphatic carbocycles. The van der Waals surface area contributed by atoms with Crippen LogP contribution in [0.3, 0.4) is 0 Å².